The first kappa shape index (κ1) is 25.7. The first-order valence-corrected chi connectivity index (χ1v) is 12.6. The lowest BCUT2D eigenvalue weighted by Crippen LogP contribution is -2.35. The topological polar surface area (TPSA) is 77.0 Å². The molecule has 3 aromatic carbocycles. The standard InChI is InChI=1S/C29H31NO5S/c1-18(2)30-16-21(31)17-35-23-11-5-19(6-12-23)28(32)27-25-14-13-24(34-4)15-26(25)36-29(27)20-7-9-22(33-3)10-8-20/h5-15,18,21,30-31H,16-17H2,1-4H3. The predicted octanol–water partition coefficient (Wildman–Crippen LogP) is 5.55. The Kier molecular flexibility index (Phi) is 8.25. The smallest absolute Gasteiger partial charge is 0.195 e. The summed E-state index contributed by atoms with van der Waals surface area (Å²) in [5.74, 6) is 2.04. The summed E-state index contributed by atoms with van der Waals surface area (Å²) in [6.45, 7) is 4.68. The zero-order valence-corrected chi connectivity index (χ0v) is 21.7. The van der Waals surface area contributed by atoms with E-state index < -0.39 is 6.10 Å². The molecule has 0 aliphatic carbocycles. The molecule has 0 aliphatic heterocycles. The van der Waals surface area contributed by atoms with Gasteiger partial charge in [0.25, 0.3) is 0 Å². The molecular weight excluding hydrogens is 474 g/mol. The van der Waals surface area contributed by atoms with Gasteiger partial charge in [0.1, 0.15) is 30.0 Å². The van der Waals surface area contributed by atoms with Gasteiger partial charge in [0, 0.05) is 38.7 Å². The van der Waals surface area contributed by atoms with Crippen LogP contribution >= 0.6 is 11.3 Å². The molecule has 1 unspecified atom stereocenters. The highest BCUT2D eigenvalue weighted by Gasteiger charge is 2.22. The fraction of sp³-hybridized carbons (Fsp3) is 0.276. The maximum absolute atomic E-state index is 13.8. The summed E-state index contributed by atoms with van der Waals surface area (Å²) in [6, 6.07) is 20.8. The fourth-order valence-corrected chi connectivity index (χ4v) is 5.08. The first-order valence-electron chi connectivity index (χ1n) is 11.8. The van der Waals surface area contributed by atoms with Crippen LogP contribution in [-0.4, -0.2) is 50.4 Å². The van der Waals surface area contributed by atoms with E-state index in [2.05, 4.69) is 5.32 Å². The summed E-state index contributed by atoms with van der Waals surface area (Å²) in [4.78, 5) is 14.7. The molecule has 188 valence electrons. The largest absolute Gasteiger partial charge is 0.497 e. The molecule has 6 nitrogen and oxygen atoms in total. The molecule has 4 rings (SSSR count). The van der Waals surface area contributed by atoms with E-state index in [1.54, 1.807) is 49.8 Å². The van der Waals surface area contributed by atoms with Gasteiger partial charge in [-0.1, -0.05) is 13.8 Å². The molecule has 0 aliphatic rings. The number of rotatable bonds is 11. The van der Waals surface area contributed by atoms with E-state index in [1.807, 2.05) is 56.3 Å². The zero-order chi connectivity index (χ0) is 25.7. The number of thiophene rings is 1. The van der Waals surface area contributed by atoms with Crippen LogP contribution in [0.5, 0.6) is 17.2 Å². The van der Waals surface area contributed by atoms with Gasteiger partial charge in [-0.05, 0) is 72.3 Å². The highest BCUT2D eigenvalue weighted by atomic mass is 32.1. The number of carbonyl (C=O) groups is 1. The fourth-order valence-electron chi connectivity index (χ4n) is 3.84. The summed E-state index contributed by atoms with van der Waals surface area (Å²) < 4.78 is 17.4. The third-order valence-electron chi connectivity index (χ3n) is 5.80. The van der Waals surface area contributed by atoms with Crippen molar-refractivity contribution in [3.8, 4) is 27.7 Å². The van der Waals surface area contributed by atoms with Crippen molar-refractivity contribution in [2.75, 3.05) is 27.4 Å². The number of fused-ring (bicyclic) bond motifs is 1. The van der Waals surface area contributed by atoms with E-state index in [9.17, 15) is 9.90 Å². The van der Waals surface area contributed by atoms with E-state index in [-0.39, 0.29) is 12.4 Å². The molecule has 0 spiro atoms. The SMILES string of the molecule is COc1ccc(-c2sc3cc(OC)ccc3c2C(=O)c2ccc(OCC(O)CNC(C)C)cc2)cc1. The third kappa shape index (κ3) is 5.87. The summed E-state index contributed by atoms with van der Waals surface area (Å²) >= 11 is 1.56. The molecule has 0 radical (unpaired) electrons. The van der Waals surface area contributed by atoms with Crippen LogP contribution in [0.1, 0.15) is 29.8 Å². The van der Waals surface area contributed by atoms with Crippen LogP contribution in [0.25, 0.3) is 20.5 Å². The Morgan fingerprint density at radius 1 is 0.917 bits per heavy atom. The molecule has 0 amide bonds. The quantitative estimate of drug-likeness (QED) is 0.260. The lowest BCUT2D eigenvalue weighted by molar-refractivity contribution is 0.103. The average Bonchev–Trinajstić information content (AvgIpc) is 3.29. The second-order valence-corrected chi connectivity index (χ2v) is 9.83. The summed E-state index contributed by atoms with van der Waals surface area (Å²) in [5.41, 5.74) is 2.17. The van der Waals surface area contributed by atoms with Gasteiger partial charge < -0.3 is 24.6 Å². The summed E-state index contributed by atoms with van der Waals surface area (Å²) in [5, 5.41) is 14.1. The molecule has 7 heteroatoms. The normalized spacial score (nSPS) is 12.1. The van der Waals surface area contributed by atoms with E-state index in [0.29, 0.717) is 29.5 Å². The lowest BCUT2D eigenvalue weighted by atomic mass is 9.97. The van der Waals surface area contributed by atoms with Gasteiger partial charge in [-0.2, -0.15) is 0 Å². The number of ketones is 1. The van der Waals surface area contributed by atoms with Crippen molar-refractivity contribution in [3.05, 3.63) is 77.9 Å². The minimum absolute atomic E-state index is 0.0649. The van der Waals surface area contributed by atoms with Crippen LogP contribution in [-0.2, 0) is 0 Å². The van der Waals surface area contributed by atoms with Crippen LogP contribution in [0.2, 0.25) is 0 Å². The van der Waals surface area contributed by atoms with Crippen molar-refractivity contribution in [2.24, 2.45) is 0 Å². The number of aliphatic hydroxyl groups is 1. The second-order valence-electron chi connectivity index (χ2n) is 8.78. The Morgan fingerprint density at radius 2 is 1.56 bits per heavy atom. The zero-order valence-electron chi connectivity index (χ0n) is 20.9. The molecule has 1 heterocycles. The van der Waals surface area contributed by atoms with E-state index in [4.69, 9.17) is 14.2 Å². The Balaban J connectivity index is 1.62. The maximum atomic E-state index is 13.8. The van der Waals surface area contributed by atoms with Crippen LogP contribution in [0, 0.1) is 0 Å². The number of nitrogens with one attached hydrogen (secondary N) is 1. The second kappa shape index (κ2) is 11.6. The van der Waals surface area contributed by atoms with Gasteiger partial charge >= 0.3 is 0 Å². The van der Waals surface area contributed by atoms with Crippen molar-refractivity contribution >= 4 is 27.2 Å². The molecule has 1 atom stereocenters. The van der Waals surface area contributed by atoms with Crippen LogP contribution in [0.4, 0.5) is 0 Å². The number of hydrogen-bond acceptors (Lipinski definition) is 7. The first-order chi connectivity index (χ1) is 17.4. The Bertz CT molecular complexity index is 1310. The van der Waals surface area contributed by atoms with Crippen molar-refractivity contribution in [1.82, 2.24) is 5.32 Å². The number of ether oxygens (including phenoxy) is 3. The maximum Gasteiger partial charge on any atom is 0.195 e. The molecule has 4 aromatic rings. The number of aliphatic hydroxyl groups excluding tert-OH is 1. The number of carbonyl (C=O) groups excluding carboxylic acids is 1. The van der Waals surface area contributed by atoms with Crippen molar-refractivity contribution in [3.63, 3.8) is 0 Å². The highest BCUT2D eigenvalue weighted by Crippen LogP contribution is 2.41. The summed E-state index contributed by atoms with van der Waals surface area (Å²) in [7, 11) is 3.26. The van der Waals surface area contributed by atoms with Crippen LogP contribution in [0.15, 0.2) is 66.7 Å². The third-order valence-corrected chi connectivity index (χ3v) is 7.00. The van der Waals surface area contributed by atoms with Gasteiger partial charge in [-0.3, -0.25) is 4.79 Å². The minimum Gasteiger partial charge on any atom is -0.497 e. The minimum atomic E-state index is -0.616. The molecule has 1 aromatic heterocycles. The average molecular weight is 506 g/mol. The number of methoxy groups -OCH3 is 2. The van der Waals surface area contributed by atoms with Gasteiger partial charge in [0.2, 0.25) is 0 Å². The van der Waals surface area contributed by atoms with Gasteiger partial charge in [0.15, 0.2) is 5.78 Å². The Hall–Kier alpha value is -3.39. The van der Waals surface area contributed by atoms with Crippen molar-refractivity contribution in [1.29, 1.82) is 0 Å². The van der Waals surface area contributed by atoms with E-state index in [1.165, 1.54) is 0 Å². The predicted molar refractivity (Wildman–Crippen MR) is 145 cm³/mol. The lowest BCUT2D eigenvalue weighted by Gasteiger charge is -2.15. The molecule has 0 saturated carbocycles. The molecule has 0 bridgehead atoms. The molecule has 0 fully saturated rings. The van der Waals surface area contributed by atoms with Gasteiger partial charge in [-0.25, -0.2) is 0 Å². The Morgan fingerprint density at radius 3 is 2.19 bits per heavy atom. The van der Waals surface area contributed by atoms with Crippen molar-refractivity contribution in [2.45, 2.75) is 26.0 Å². The molecule has 0 saturated heterocycles. The highest BCUT2D eigenvalue weighted by molar-refractivity contribution is 7.22. The number of hydrogen-bond donors (Lipinski definition) is 2. The van der Waals surface area contributed by atoms with Gasteiger partial charge in [0.05, 0.1) is 14.2 Å². The monoisotopic (exact) mass is 505 g/mol. The van der Waals surface area contributed by atoms with Crippen molar-refractivity contribution < 1.29 is 24.1 Å². The van der Waals surface area contributed by atoms with Crippen LogP contribution in [0.3, 0.4) is 0 Å². The van der Waals surface area contributed by atoms with E-state index in [0.717, 1.165) is 32.0 Å². The Labute approximate surface area is 215 Å². The molecular formula is C29H31NO5S. The summed E-state index contributed by atoms with van der Waals surface area (Å²) in [6.07, 6.45) is -0.616. The molecule has 36 heavy (non-hydrogen) atoms. The van der Waals surface area contributed by atoms with Gasteiger partial charge in [-0.15, -0.1) is 11.3 Å². The molecule has 2 N–H and O–H groups in total. The van der Waals surface area contributed by atoms with E-state index >= 15 is 0 Å². The number of benzene rings is 3. The van der Waals surface area contributed by atoms with Crippen LogP contribution < -0.4 is 19.5 Å².